The lowest BCUT2D eigenvalue weighted by molar-refractivity contribution is 0.197. The maximum atomic E-state index is 5.56. The van der Waals surface area contributed by atoms with Crippen molar-refractivity contribution in [3.63, 3.8) is 0 Å². The van der Waals surface area contributed by atoms with Crippen molar-refractivity contribution >= 4 is 0 Å². The third kappa shape index (κ3) is 3.72. The molecular weight excluding hydrogens is 316 g/mol. The molecule has 1 heterocycles. The second-order valence-electron chi connectivity index (χ2n) is 6.06. The van der Waals surface area contributed by atoms with Crippen LogP contribution in [-0.2, 0) is 0 Å². The Bertz CT molecular complexity index is 660. The minimum absolute atomic E-state index is 0.150. The third-order valence-electron chi connectivity index (χ3n) is 4.63. The largest absolute Gasteiger partial charge is 0.493 e. The first-order valence-corrected chi connectivity index (χ1v) is 8.58. The summed E-state index contributed by atoms with van der Waals surface area (Å²) in [4.78, 5) is 2.49. The quantitative estimate of drug-likeness (QED) is 0.874. The van der Waals surface area contributed by atoms with Gasteiger partial charge in [-0.3, -0.25) is 4.90 Å². The zero-order valence-electron chi connectivity index (χ0n) is 15.1. The van der Waals surface area contributed by atoms with E-state index in [0.29, 0.717) is 17.2 Å². The van der Waals surface area contributed by atoms with Crippen LogP contribution >= 0.6 is 0 Å². The number of hydrogen-bond acceptors (Lipinski definition) is 5. The van der Waals surface area contributed by atoms with Gasteiger partial charge in [-0.15, -0.1) is 0 Å². The summed E-state index contributed by atoms with van der Waals surface area (Å²) in [6.45, 7) is 3.98. The maximum Gasteiger partial charge on any atom is 0.203 e. The van der Waals surface area contributed by atoms with E-state index >= 15 is 0 Å². The molecule has 1 unspecified atom stereocenters. The summed E-state index contributed by atoms with van der Waals surface area (Å²) in [5.41, 5.74) is 2.40. The lowest BCUT2D eigenvalue weighted by Gasteiger charge is -2.36. The van der Waals surface area contributed by atoms with Gasteiger partial charge in [-0.1, -0.05) is 30.3 Å². The van der Waals surface area contributed by atoms with Crippen molar-refractivity contribution in [3.05, 3.63) is 53.6 Å². The second kappa shape index (κ2) is 8.23. The molecule has 0 saturated carbocycles. The van der Waals surface area contributed by atoms with Crippen LogP contribution in [0.1, 0.15) is 17.2 Å². The molecule has 1 atom stereocenters. The average Bonchev–Trinajstić information content (AvgIpc) is 2.69. The van der Waals surface area contributed by atoms with Crippen molar-refractivity contribution in [2.45, 2.75) is 6.04 Å². The van der Waals surface area contributed by atoms with Crippen molar-refractivity contribution in [3.8, 4) is 17.2 Å². The standard InChI is InChI=1S/C20H26N2O3/c1-23-17-13-16(14-18(24-2)20(17)25-3)19(15-7-5-4-6-8-15)22-11-9-21-10-12-22/h4-8,13-14,19,21H,9-12H2,1-3H3. The highest BCUT2D eigenvalue weighted by atomic mass is 16.5. The zero-order chi connectivity index (χ0) is 17.6. The molecule has 5 heteroatoms. The molecule has 3 rings (SSSR count). The van der Waals surface area contributed by atoms with E-state index in [9.17, 15) is 0 Å². The molecule has 25 heavy (non-hydrogen) atoms. The van der Waals surface area contributed by atoms with E-state index in [1.54, 1.807) is 21.3 Å². The average molecular weight is 342 g/mol. The van der Waals surface area contributed by atoms with Gasteiger partial charge in [-0.05, 0) is 23.3 Å². The molecule has 1 aliphatic rings. The van der Waals surface area contributed by atoms with Gasteiger partial charge in [-0.25, -0.2) is 0 Å². The van der Waals surface area contributed by atoms with Crippen LogP contribution in [0.25, 0.3) is 0 Å². The lowest BCUT2D eigenvalue weighted by Crippen LogP contribution is -2.45. The molecule has 134 valence electrons. The second-order valence-corrected chi connectivity index (χ2v) is 6.06. The van der Waals surface area contributed by atoms with Crippen molar-refractivity contribution in [2.75, 3.05) is 47.5 Å². The van der Waals surface area contributed by atoms with Crippen LogP contribution in [0.5, 0.6) is 17.2 Å². The predicted molar refractivity (Wildman–Crippen MR) is 98.8 cm³/mol. The molecule has 0 spiro atoms. The number of ether oxygens (including phenoxy) is 3. The van der Waals surface area contributed by atoms with Crippen LogP contribution in [0, 0.1) is 0 Å². The first-order valence-electron chi connectivity index (χ1n) is 8.58. The fraction of sp³-hybridized carbons (Fsp3) is 0.400. The predicted octanol–water partition coefficient (Wildman–Crippen LogP) is 2.71. The molecule has 2 aromatic carbocycles. The Balaban J connectivity index is 2.09. The van der Waals surface area contributed by atoms with Crippen LogP contribution in [-0.4, -0.2) is 52.4 Å². The van der Waals surface area contributed by atoms with Gasteiger partial charge in [0.2, 0.25) is 5.75 Å². The number of nitrogens with one attached hydrogen (secondary N) is 1. The van der Waals surface area contributed by atoms with Crippen LogP contribution in [0.2, 0.25) is 0 Å². The summed E-state index contributed by atoms with van der Waals surface area (Å²) in [5.74, 6) is 2.00. The normalized spacial score (nSPS) is 16.3. The van der Waals surface area contributed by atoms with Gasteiger partial charge in [0.15, 0.2) is 11.5 Å². The molecule has 2 aromatic rings. The van der Waals surface area contributed by atoms with Crippen LogP contribution in [0.15, 0.2) is 42.5 Å². The maximum absolute atomic E-state index is 5.56. The molecule has 1 saturated heterocycles. The summed E-state index contributed by atoms with van der Waals surface area (Å²) in [6, 6.07) is 14.8. The summed E-state index contributed by atoms with van der Waals surface area (Å²) >= 11 is 0. The van der Waals surface area contributed by atoms with Crippen molar-refractivity contribution in [1.82, 2.24) is 10.2 Å². The molecule has 1 aliphatic heterocycles. The van der Waals surface area contributed by atoms with Gasteiger partial charge in [0.05, 0.1) is 27.4 Å². The molecule has 0 amide bonds. The van der Waals surface area contributed by atoms with E-state index in [1.165, 1.54) is 5.56 Å². The molecule has 0 aromatic heterocycles. The van der Waals surface area contributed by atoms with Gasteiger partial charge in [-0.2, -0.15) is 0 Å². The lowest BCUT2D eigenvalue weighted by atomic mass is 9.95. The van der Waals surface area contributed by atoms with Crippen LogP contribution < -0.4 is 19.5 Å². The summed E-state index contributed by atoms with van der Waals surface area (Å²) in [5, 5.41) is 3.42. The Labute approximate surface area is 149 Å². The molecule has 1 N–H and O–H groups in total. The molecule has 0 radical (unpaired) electrons. The van der Waals surface area contributed by atoms with Gasteiger partial charge in [0, 0.05) is 26.2 Å². The summed E-state index contributed by atoms with van der Waals surface area (Å²) in [7, 11) is 4.94. The van der Waals surface area contributed by atoms with E-state index in [1.807, 2.05) is 6.07 Å². The number of benzene rings is 2. The van der Waals surface area contributed by atoms with Crippen LogP contribution in [0.4, 0.5) is 0 Å². The highest BCUT2D eigenvalue weighted by Crippen LogP contribution is 2.42. The van der Waals surface area contributed by atoms with E-state index in [-0.39, 0.29) is 6.04 Å². The summed E-state index contributed by atoms with van der Waals surface area (Å²) in [6.07, 6.45) is 0. The first kappa shape index (κ1) is 17.6. The Morgan fingerprint density at radius 3 is 1.96 bits per heavy atom. The molecular formula is C20H26N2O3. The molecule has 0 aliphatic carbocycles. The van der Waals surface area contributed by atoms with Gasteiger partial charge in [0.25, 0.3) is 0 Å². The van der Waals surface area contributed by atoms with Crippen molar-refractivity contribution in [1.29, 1.82) is 0 Å². The first-order chi connectivity index (χ1) is 12.3. The van der Waals surface area contributed by atoms with E-state index in [4.69, 9.17) is 14.2 Å². The smallest absolute Gasteiger partial charge is 0.203 e. The number of rotatable bonds is 6. The van der Waals surface area contributed by atoms with E-state index in [2.05, 4.69) is 46.6 Å². The molecule has 1 fully saturated rings. The molecule has 5 nitrogen and oxygen atoms in total. The summed E-state index contributed by atoms with van der Waals surface area (Å²) < 4.78 is 16.6. The van der Waals surface area contributed by atoms with Crippen molar-refractivity contribution < 1.29 is 14.2 Å². The SMILES string of the molecule is COc1cc(C(c2ccccc2)N2CCNCC2)cc(OC)c1OC. The minimum Gasteiger partial charge on any atom is -0.493 e. The van der Waals surface area contributed by atoms with Crippen LogP contribution in [0.3, 0.4) is 0 Å². The van der Waals surface area contributed by atoms with Gasteiger partial charge < -0.3 is 19.5 Å². The fourth-order valence-electron chi connectivity index (χ4n) is 3.45. The number of piperazine rings is 1. The number of hydrogen-bond donors (Lipinski definition) is 1. The van der Waals surface area contributed by atoms with Gasteiger partial charge >= 0.3 is 0 Å². The number of methoxy groups -OCH3 is 3. The molecule has 0 bridgehead atoms. The highest BCUT2D eigenvalue weighted by molar-refractivity contribution is 5.55. The minimum atomic E-state index is 0.150. The van der Waals surface area contributed by atoms with Gasteiger partial charge in [0.1, 0.15) is 0 Å². The monoisotopic (exact) mass is 342 g/mol. The third-order valence-corrected chi connectivity index (χ3v) is 4.63. The van der Waals surface area contributed by atoms with Crippen molar-refractivity contribution in [2.24, 2.45) is 0 Å². The Kier molecular flexibility index (Phi) is 5.79. The highest BCUT2D eigenvalue weighted by Gasteiger charge is 2.26. The van der Waals surface area contributed by atoms with E-state index < -0.39 is 0 Å². The fourth-order valence-corrected chi connectivity index (χ4v) is 3.45. The van der Waals surface area contributed by atoms with E-state index in [0.717, 1.165) is 31.7 Å². The Hall–Kier alpha value is -2.24. The number of nitrogens with zero attached hydrogens (tertiary/aromatic N) is 1. The topological polar surface area (TPSA) is 43.0 Å². The Morgan fingerprint density at radius 2 is 1.44 bits per heavy atom. The zero-order valence-corrected chi connectivity index (χ0v) is 15.1. The Morgan fingerprint density at radius 1 is 0.840 bits per heavy atom.